The number of halogens is 1. The molecule has 4 nitrogen and oxygen atoms in total. The number of nitrogens with one attached hydrogen (secondary N) is 1. The lowest BCUT2D eigenvalue weighted by Crippen LogP contribution is -2.25. The van der Waals surface area contributed by atoms with E-state index >= 15 is 0 Å². The van der Waals surface area contributed by atoms with Crippen LogP contribution in [0.4, 0.5) is 11.4 Å². The number of rotatable bonds is 1. The summed E-state index contributed by atoms with van der Waals surface area (Å²) < 4.78 is 1.02. The predicted molar refractivity (Wildman–Crippen MR) is 89.5 cm³/mol. The molecule has 1 aromatic carbocycles. The first-order valence-electron chi connectivity index (χ1n) is 7.52. The number of hydrogen-bond donors (Lipinski definition) is 2. The van der Waals surface area contributed by atoms with E-state index < -0.39 is 6.04 Å². The van der Waals surface area contributed by atoms with E-state index in [0.29, 0.717) is 5.41 Å². The minimum absolute atomic E-state index is 0.119. The van der Waals surface area contributed by atoms with E-state index in [2.05, 4.69) is 46.1 Å². The van der Waals surface area contributed by atoms with Crippen LogP contribution in [-0.2, 0) is 4.79 Å². The topological polar surface area (TPSA) is 58.4 Å². The Morgan fingerprint density at radius 2 is 2.10 bits per heavy atom. The molecule has 5 heteroatoms. The van der Waals surface area contributed by atoms with E-state index in [1.165, 1.54) is 19.3 Å². The first kappa shape index (κ1) is 14.9. The fourth-order valence-electron chi connectivity index (χ4n) is 3.20. The molecule has 0 radical (unpaired) electrons. The quantitative estimate of drug-likeness (QED) is 0.814. The van der Waals surface area contributed by atoms with Crippen LogP contribution in [0.25, 0.3) is 0 Å². The van der Waals surface area contributed by atoms with Crippen molar-refractivity contribution in [2.45, 2.75) is 39.2 Å². The monoisotopic (exact) mass is 351 g/mol. The lowest BCUT2D eigenvalue weighted by molar-refractivity contribution is -0.116. The van der Waals surface area contributed by atoms with Crippen molar-refractivity contribution in [1.82, 2.24) is 0 Å². The molecule has 1 atom stereocenters. The van der Waals surface area contributed by atoms with E-state index in [4.69, 9.17) is 5.73 Å². The Morgan fingerprint density at radius 1 is 1.33 bits per heavy atom. The van der Waals surface area contributed by atoms with Gasteiger partial charge in [-0.2, -0.15) is 0 Å². The second kappa shape index (κ2) is 5.29. The maximum absolute atomic E-state index is 11.7. The van der Waals surface area contributed by atoms with Crippen LogP contribution in [0.1, 0.15) is 44.7 Å². The van der Waals surface area contributed by atoms with Gasteiger partial charge >= 0.3 is 0 Å². The fraction of sp³-hybridized carbons (Fsp3) is 0.562. The van der Waals surface area contributed by atoms with Crippen LogP contribution in [0.5, 0.6) is 0 Å². The molecule has 3 rings (SSSR count). The van der Waals surface area contributed by atoms with Crippen LogP contribution < -0.4 is 16.0 Å². The molecule has 1 unspecified atom stereocenters. The molecule has 0 saturated carbocycles. The number of nitrogens with two attached hydrogens (primary N) is 1. The van der Waals surface area contributed by atoms with Gasteiger partial charge in [0, 0.05) is 28.8 Å². The Hall–Kier alpha value is -1.07. The Morgan fingerprint density at radius 3 is 2.86 bits per heavy atom. The SMILES string of the molecule is CC1(C)CCCN(c2cc3c(cc2Br)C(N)C(=O)N3)CC1. The highest BCUT2D eigenvalue weighted by molar-refractivity contribution is 9.10. The molecule has 21 heavy (non-hydrogen) atoms. The summed E-state index contributed by atoms with van der Waals surface area (Å²) in [6.45, 7) is 6.78. The van der Waals surface area contributed by atoms with Gasteiger partial charge in [-0.1, -0.05) is 13.8 Å². The summed E-state index contributed by atoms with van der Waals surface area (Å²) >= 11 is 3.65. The van der Waals surface area contributed by atoms with E-state index in [9.17, 15) is 4.79 Å². The summed E-state index contributed by atoms with van der Waals surface area (Å²) in [7, 11) is 0. The molecule has 2 heterocycles. The number of carbonyl (C=O) groups excluding carboxylic acids is 1. The van der Waals surface area contributed by atoms with E-state index in [-0.39, 0.29) is 5.91 Å². The summed E-state index contributed by atoms with van der Waals surface area (Å²) in [5.41, 5.74) is 9.20. The van der Waals surface area contributed by atoms with Crippen molar-refractivity contribution in [3.63, 3.8) is 0 Å². The molecule has 2 aliphatic heterocycles. The van der Waals surface area contributed by atoms with Gasteiger partial charge in [-0.3, -0.25) is 4.79 Å². The van der Waals surface area contributed by atoms with Crippen molar-refractivity contribution in [3.05, 3.63) is 22.2 Å². The maximum Gasteiger partial charge on any atom is 0.245 e. The summed E-state index contributed by atoms with van der Waals surface area (Å²) in [5, 5.41) is 2.87. The number of carbonyl (C=O) groups is 1. The Labute approximate surface area is 134 Å². The zero-order chi connectivity index (χ0) is 15.2. The molecule has 1 amide bonds. The zero-order valence-electron chi connectivity index (χ0n) is 12.6. The first-order valence-corrected chi connectivity index (χ1v) is 8.31. The van der Waals surface area contributed by atoms with E-state index in [1.807, 2.05) is 6.07 Å². The molecule has 114 valence electrons. The van der Waals surface area contributed by atoms with Crippen molar-refractivity contribution in [2.75, 3.05) is 23.3 Å². The lowest BCUT2D eigenvalue weighted by atomic mass is 9.85. The highest BCUT2D eigenvalue weighted by Crippen LogP contribution is 2.40. The molecule has 0 spiro atoms. The van der Waals surface area contributed by atoms with Crippen LogP contribution in [0.15, 0.2) is 16.6 Å². The van der Waals surface area contributed by atoms with Gasteiger partial charge in [0.1, 0.15) is 6.04 Å². The summed E-state index contributed by atoms with van der Waals surface area (Å²) in [5.74, 6) is -0.119. The number of hydrogen-bond acceptors (Lipinski definition) is 3. The largest absolute Gasteiger partial charge is 0.371 e. The summed E-state index contributed by atoms with van der Waals surface area (Å²) in [6, 6.07) is 3.50. The van der Waals surface area contributed by atoms with E-state index in [0.717, 1.165) is 34.5 Å². The zero-order valence-corrected chi connectivity index (χ0v) is 14.2. The Kier molecular flexibility index (Phi) is 3.74. The van der Waals surface area contributed by atoms with Crippen LogP contribution in [0, 0.1) is 5.41 Å². The summed E-state index contributed by atoms with van der Waals surface area (Å²) in [4.78, 5) is 14.1. The number of benzene rings is 1. The predicted octanol–water partition coefficient (Wildman–Crippen LogP) is 3.42. The molecule has 1 saturated heterocycles. The highest BCUT2D eigenvalue weighted by Gasteiger charge is 2.30. The van der Waals surface area contributed by atoms with Crippen molar-refractivity contribution in [3.8, 4) is 0 Å². The normalized spacial score (nSPS) is 24.5. The third-order valence-electron chi connectivity index (χ3n) is 4.68. The van der Waals surface area contributed by atoms with E-state index in [1.54, 1.807) is 0 Å². The minimum Gasteiger partial charge on any atom is -0.371 e. The van der Waals surface area contributed by atoms with Gasteiger partial charge in [0.25, 0.3) is 0 Å². The Bertz CT molecular complexity index is 585. The standard InChI is InChI=1S/C16H22BrN3O/c1-16(2)4-3-6-20(7-5-16)13-9-12-10(8-11(13)17)14(18)15(21)19-12/h8-9,14H,3-7,18H2,1-2H3,(H,19,21). The third kappa shape index (κ3) is 2.81. The lowest BCUT2D eigenvalue weighted by Gasteiger charge is -2.26. The first-order chi connectivity index (χ1) is 9.87. The van der Waals surface area contributed by atoms with Crippen LogP contribution in [0.3, 0.4) is 0 Å². The summed E-state index contributed by atoms with van der Waals surface area (Å²) in [6.07, 6.45) is 3.64. The van der Waals surface area contributed by atoms with Crippen molar-refractivity contribution in [2.24, 2.45) is 11.1 Å². The smallest absolute Gasteiger partial charge is 0.245 e. The van der Waals surface area contributed by atoms with Gasteiger partial charge in [0.2, 0.25) is 5.91 Å². The fourth-order valence-corrected chi connectivity index (χ4v) is 3.81. The highest BCUT2D eigenvalue weighted by atomic mass is 79.9. The Balaban J connectivity index is 1.90. The van der Waals surface area contributed by atoms with Crippen LogP contribution in [-0.4, -0.2) is 19.0 Å². The van der Waals surface area contributed by atoms with Crippen molar-refractivity contribution in [1.29, 1.82) is 0 Å². The van der Waals surface area contributed by atoms with Crippen molar-refractivity contribution >= 4 is 33.2 Å². The van der Waals surface area contributed by atoms with Crippen LogP contribution in [0.2, 0.25) is 0 Å². The van der Waals surface area contributed by atoms with Gasteiger partial charge in [-0.15, -0.1) is 0 Å². The average molecular weight is 352 g/mol. The van der Waals surface area contributed by atoms with Crippen molar-refractivity contribution < 1.29 is 4.79 Å². The van der Waals surface area contributed by atoms with Gasteiger partial charge in [-0.25, -0.2) is 0 Å². The van der Waals surface area contributed by atoms with Gasteiger partial charge in [-0.05, 0) is 52.7 Å². The number of nitrogens with zero attached hydrogens (tertiary/aromatic N) is 1. The number of anilines is 2. The molecule has 2 aliphatic rings. The molecule has 0 aromatic heterocycles. The molecular formula is C16H22BrN3O. The molecular weight excluding hydrogens is 330 g/mol. The van der Waals surface area contributed by atoms with Gasteiger partial charge < -0.3 is 16.0 Å². The number of fused-ring (bicyclic) bond motifs is 1. The molecule has 0 bridgehead atoms. The number of amides is 1. The second-order valence-electron chi connectivity index (χ2n) is 6.86. The molecule has 0 aliphatic carbocycles. The van der Waals surface area contributed by atoms with Crippen LogP contribution >= 0.6 is 15.9 Å². The minimum atomic E-state index is -0.548. The maximum atomic E-state index is 11.7. The van der Waals surface area contributed by atoms with Gasteiger partial charge in [0.15, 0.2) is 0 Å². The molecule has 1 aromatic rings. The average Bonchev–Trinajstić information content (AvgIpc) is 2.59. The molecule has 3 N–H and O–H groups in total. The third-order valence-corrected chi connectivity index (χ3v) is 5.31. The second-order valence-corrected chi connectivity index (χ2v) is 7.72. The molecule has 1 fully saturated rings. The van der Waals surface area contributed by atoms with Gasteiger partial charge in [0.05, 0.1) is 5.69 Å².